The van der Waals surface area contributed by atoms with Gasteiger partial charge in [0.15, 0.2) is 0 Å². The number of fused-ring (bicyclic) bond motifs is 1. The van der Waals surface area contributed by atoms with E-state index in [-0.39, 0.29) is 11.3 Å². The molecule has 0 aromatic carbocycles. The molecule has 0 unspecified atom stereocenters. The number of hydrogen-bond donors (Lipinski definition) is 2. The summed E-state index contributed by atoms with van der Waals surface area (Å²) >= 11 is 0. The van der Waals surface area contributed by atoms with Crippen molar-refractivity contribution in [2.45, 2.75) is 57.0 Å². The zero-order valence-electron chi connectivity index (χ0n) is 14.4. The van der Waals surface area contributed by atoms with Gasteiger partial charge in [0.05, 0.1) is 12.0 Å². The molecule has 0 aromatic rings. The van der Waals surface area contributed by atoms with Crippen molar-refractivity contribution in [3.63, 3.8) is 0 Å². The monoisotopic (exact) mass is 321 g/mol. The van der Waals surface area contributed by atoms with Crippen LogP contribution in [0.2, 0.25) is 0 Å². The molecule has 3 heterocycles. The van der Waals surface area contributed by atoms with E-state index >= 15 is 0 Å². The van der Waals surface area contributed by atoms with E-state index in [1.54, 1.807) is 0 Å². The molecule has 4 aliphatic rings. The molecule has 1 saturated carbocycles. The summed E-state index contributed by atoms with van der Waals surface area (Å²) in [5, 5.41) is 6.81. The topological polar surface area (TPSA) is 53.6 Å². The minimum absolute atomic E-state index is 0.241. The molecule has 0 aromatic heterocycles. The largest absolute Gasteiger partial charge is 0.380 e. The van der Waals surface area contributed by atoms with Crippen LogP contribution in [0.3, 0.4) is 0 Å². The van der Waals surface area contributed by atoms with Crippen LogP contribution in [0, 0.1) is 11.3 Å². The molecule has 0 spiro atoms. The number of rotatable bonds is 3. The van der Waals surface area contributed by atoms with Crippen LogP contribution in [0.25, 0.3) is 0 Å². The molecule has 23 heavy (non-hydrogen) atoms. The fourth-order valence-corrected chi connectivity index (χ4v) is 5.05. The highest BCUT2D eigenvalue weighted by atomic mass is 16.5. The Kier molecular flexibility index (Phi) is 4.14. The molecule has 5 heteroatoms. The number of amides is 1. The van der Waals surface area contributed by atoms with Crippen LogP contribution in [-0.2, 0) is 9.53 Å². The van der Waals surface area contributed by atoms with Crippen molar-refractivity contribution in [2.75, 3.05) is 39.4 Å². The van der Waals surface area contributed by atoms with Gasteiger partial charge < -0.3 is 15.4 Å². The van der Waals surface area contributed by atoms with Crippen molar-refractivity contribution < 1.29 is 9.53 Å². The average molecular weight is 321 g/mol. The summed E-state index contributed by atoms with van der Waals surface area (Å²) < 4.78 is 5.68. The van der Waals surface area contributed by atoms with Gasteiger partial charge >= 0.3 is 0 Å². The van der Waals surface area contributed by atoms with Crippen LogP contribution in [0.1, 0.15) is 45.4 Å². The number of hydrogen-bond acceptors (Lipinski definition) is 4. The van der Waals surface area contributed by atoms with E-state index in [1.165, 1.54) is 32.4 Å². The van der Waals surface area contributed by atoms with E-state index in [0.717, 1.165) is 39.0 Å². The minimum atomic E-state index is -0.309. The summed E-state index contributed by atoms with van der Waals surface area (Å²) in [5.74, 6) is 0.691. The lowest BCUT2D eigenvalue weighted by Crippen LogP contribution is -2.58. The molecule has 5 nitrogen and oxygen atoms in total. The normalized spacial score (nSPS) is 44.4. The van der Waals surface area contributed by atoms with Gasteiger partial charge in [0.1, 0.15) is 0 Å². The molecule has 2 atom stereocenters. The van der Waals surface area contributed by atoms with Crippen LogP contribution in [-0.4, -0.2) is 61.8 Å². The second-order valence-corrected chi connectivity index (χ2v) is 8.41. The molecule has 4 rings (SSSR count). The van der Waals surface area contributed by atoms with E-state index in [2.05, 4.69) is 22.5 Å². The highest BCUT2D eigenvalue weighted by molar-refractivity contribution is 5.84. The zero-order valence-corrected chi connectivity index (χ0v) is 14.4. The third-order valence-electron chi connectivity index (χ3n) is 7.05. The summed E-state index contributed by atoms with van der Waals surface area (Å²) in [4.78, 5) is 15.6. The number of nitrogens with zero attached hydrogens (tertiary/aromatic N) is 1. The smallest absolute Gasteiger partial charge is 0.230 e. The number of nitrogens with one attached hydrogen (secondary N) is 2. The van der Waals surface area contributed by atoms with Gasteiger partial charge in [-0.1, -0.05) is 0 Å². The Morgan fingerprint density at radius 3 is 2.74 bits per heavy atom. The van der Waals surface area contributed by atoms with Gasteiger partial charge in [-0.25, -0.2) is 0 Å². The van der Waals surface area contributed by atoms with Crippen LogP contribution >= 0.6 is 0 Å². The molecular weight excluding hydrogens is 290 g/mol. The van der Waals surface area contributed by atoms with Crippen molar-refractivity contribution in [3.05, 3.63) is 0 Å². The van der Waals surface area contributed by atoms with Gasteiger partial charge in [-0.15, -0.1) is 0 Å². The molecular formula is C18H31N3O2. The predicted molar refractivity (Wildman–Crippen MR) is 89.2 cm³/mol. The lowest BCUT2D eigenvalue weighted by Gasteiger charge is -2.50. The van der Waals surface area contributed by atoms with Crippen LogP contribution in [0.5, 0.6) is 0 Å². The molecule has 2 N–H and O–H groups in total. The van der Waals surface area contributed by atoms with Crippen molar-refractivity contribution in [3.8, 4) is 0 Å². The second-order valence-electron chi connectivity index (χ2n) is 8.41. The number of likely N-dealkylation sites (tertiary alicyclic amines) is 1. The quantitative estimate of drug-likeness (QED) is 0.818. The average Bonchev–Trinajstić information content (AvgIpc) is 2.93. The Balaban J connectivity index is 1.34. The fraction of sp³-hybridized carbons (Fsp3) is 0.944. The Labute approximate surface area is 139 Å². The van der Waals surface area contributed by atoms with Crippen LogP contribution in [0.15, 0.2) is 0 Å². The third kappa shape index (κ3) is 2.71. The van der Waals surface area contributed by atoms with E-state index < -0.39 is 0 Å². The van der Waals surface area contributed by atoms with Crippen molar-refractivity contribution in [2.24, 2.45) is 11.3 Å². The SMILES string of the molecule is CC1(N2CCC2)CCC(NC(=O)[C@]23CNC[C@H]2CCOC3)CC1. The minimum Gasteiger partial charge on any atom is -0.380 e. The molecule has 1 amide bonds. The van der Waals surface area contributed by atoms with E-state index in [4.69, 9.17) is 4.74 Å². The molecule has 0 radical (unpaired) electrons. The molecule has 0 bridgehead atoms. The summed E-state index contributed by atoms with van der Waals surface area (Å²) in [6, 6.07) is 0.356. The van der Waals surface area contributed by atoms with Gasteiger partial charge in [-0.05, 0) is 71.0 Å². The first kappa shape index (κ1) is 15.9. The summed E-state index contributed by atoms with van der Waals surface area (Å²) in [6.07, 6.45) is 7.03. The first-order chi connectivity index (χ1) is 11.1. The molecule has 3 saturated heterocycles. The maximum absolute atomic E-state index is 13.0. The van der Waals surface area contributed by atoms with Gasteiger partial charge in [0, 0.05) is 24.7 Å². The standard InChI is InChI=1S/C18H31N3O2/c1-17(21-8-2-9-21)6-3-15(4-7-17)20-16(22)18-12-19-11-14(18)5-10-23-13-18/h14-15,19H,2-13H2,1H3,(H,20,22)/t14-,15?,17?,18+/m1/s1. The van der Waals surface area contributed by atoms with Crippen LogP contribution in [0.4, 0.5) is 0 Å². The highest BCUT2D eigenvalue weighted by Gasteiger charge is 2.51. The number of carbonyl (C=O) groups excluding carboxylic acids is 1. The van der Waals surface area contributed by atoms with Crippen molar-refractivity contribution >= 4 is 5.91 Å². The van der Waals surface area contributed by atoms with Gasteiger partial charge in [-0.2, -0.15) is 0 Å². The number of ether oxygens (including phenoxy) is 1. The lowest BCUT2D eigenvalue weighted by molar-refractivity contribution is -0.142. The van der Waals surface area contributed by atoms with Gasteiger partial charge in [-0.3, -0.25) is 9.69 Å². The fourth-order valence-electron chi connectivity index (χ4n) is 5.05. The van der Waals surface area contributed by atoms with Crippen molar-refractivity contribution in [1.82, 2.24) is 15.5 Å². The van der Waals surface area contributed by atoms with E-state index in [0.29, 0.717) is 24.1 Å². The third-order valence-corrected chi connectivity index (χ3v) is 7.05. The zero-order chi connectivity index (χ0) is 15.9. The Hall–Kier alpha value is -0.650. The van der Waals surface area contributed by atoms with Gasteiger partial charge in [0.25, 0.3) is 0 Å². The molecule has 130 valence electrons. The van der Waals surface area contributed by atoms with E-state index in [9.17, 15) is 4.79 Å². The van der Waals surface area contributed by atoms with Crippen molar-refractivity contribution in [1.29, 1.82) is 0 Å². The van der Waals surface area contributed by atoms with Crippen LogP contribution < -0.4 is 10.6 Å². The second kappa shape index (κ2) is 6.01. The number of carbonyl (C=O) groups is 1. The van der Waals surface area contributed by atoms with Gasteiger partial charge in [0.2, 0.25) is 5.91 Å². The van der Waals surface area contributed by atoms with E-state index in [1.807, 2.05) is 0 Å². The molecule has 4 fully saturated rings. The highest BCUT2D eigenvalue weighted by Crippen LogP contribution is 2.39. The summed E-state index contributed by atoms with van der Waals surface area (Å²) in [7, 11) is 0. The molecule has 3 aliphatic heterocycles. The maximum Gasteiger partial charge on any atom is 0.230 e. The summed E-state index contributed by atoms with van der Waals surface area (Å²) in [6.45, 7) is 8.08. The molecule has 1 aliphatic carbocycles. The first-order valence-electron chi connectivity index (χ1n) is 9.47. The lowest BCUT2D eigenvalue weighted by atomic mass is 9.74. The Morgan fingerprint density at radius 1 is 1.26 bits per heavy atom. The Bertz CT molecular complexity index is 457. The maximum atomic E-state index is 13.0. The predicted octanol–water partition coefficient (Wildman–Crippen LogP) is 1.14. The first-order valence-corrected chi connectivity index (χ1v) is 9.47. The Morgan fingerprint density at radius 2 is 2.04 bits per heavy atom. The summed E-state index contributed by atoms with van der Waals surface area (Å²) in [5.41, 5.74) is 0.0691.